The van der Waals surface area contributed by atoms with E-state index in [1.807, 2.05) is 0 Å². The van der Waals surface area contributed by atoms with Gasteiger partial charge in [-0.15, -0.1) is 0 Å². The van der Waals surface area contributed by atoms with E-state index in [0.717, 1.165) is 12.8 Å². The number of hydrogen-bond donors (Lipinski definition) is 2. The Labute approximate surface area is 86.7 Å². The summed E-state index contributed by atoms with van der Waals surface area (Å²) < 4.78 is 0. The van der Waals surface area contributed by atoms with Crippen LogP contribution >= 0.6 is 0 Å². The van der Waals surface area contributed by atoms with Crippen LogP contribution in [0.2, 0.25) is 0 Å². The summed E-state index contributed by atoms with van der Waals surface area (Å²) in [7, 11) is 0. The standard InChI is InChI=1S/C11H23NO2/c1-2-3-4-5-7-10(12)8-6-9-11(13)14/h10H,2-9,12H2,1H3,(H,13,14). The second-order valence-corrected chi connectivity index (χ2v) is 3.90. The molecule has 1 atom stereocenters. The summed E-state index contributed by atoms with van der Waals surface area (Å²) in [6, 6.07) is 0.200. The number of unbranched alkanes of at least 4 members (excludes halogenated alkanes) is 3. The first-order valence-corrected chi connectivity index (χ1v) is 5.64. The van der Waals surface area contributed by atoms with Gasteiger partial charge in [-0.1, -0.05) is 32.6 Å². The molecule has 3 N–H and O–H groups in total. The lowest BCUT2D eigenvalue weighted by Crippen LogP contribution is -2.19. The van der Waals surface area contributed by atoms with Gasteiger partial charge >= 0.3 is 5.97 Å². The van der Waals surface area contributed by atoms with Crippen molar-refractivity contribution in [2.75, 3.05) is 0 Å². The molecule has 3 heteroatoms. The molecule has 0 aliphatic rings. The Hall–Kier alpha value is -0.570. The van der Waals surface area contributed by atoms with Crippen molar-refractivity contribution in [3.8, 4) is 0 Å². The van der Waals surface area contributed by atoms with Crippen LogP contribution in [0.4, 0.5) is 0 Å². The Morgan fingerprint density at radius 1 is 1.21 bits per heavy atom. The summed E-state index contributed by atoms with van der Waals surface area (Å²) in [4.78, 5) is 10.2. The zero-order valence-corrected chi connectivity index (χ0v) is 9.17. The fourth-order valence-corrected chi connectivity index (χ4v) is 1.49. The van der Waals surface area contributed by atoms with Crippen LogP contribution in [0.25, 0.3) is 0 Å². The third-order valence-corrected chi connectivity index (χ3v) is 2.39. The summed E-state index contributed by atoms with van der Waals surface area (Å²) in [5, 5.41) is 8.43. The summed E-state index contributed by atoms with van der Waals surface area (Å²) >= 11 is 0. The quantitative estimate of drug-likeness (QED) is 0.563. The SMILES string of the molecule is CCCCCCC(N)CCCC(=O)O. The van der Waals surface area contributed by atoms with E-state index in [9.17, 15) is 4.79 Å². The first-order chi connectivity index (χ1) is 6.66. The van der Waals surface area contributed by atoms with Gasteiger partial charge in [0.25, 0.3) is 0 Å². The number of hydrogen-bond acceptors (Lipinski definition) is 2. The largest absolute Gasteiger partial charge is 0.481 e. The molecule has 84 valence electrons. The molecule has 0 saturated carbocycles. The molecule has 0 aromatic rings. The average molecular weight is 201 g/mol. The van der Waals surface area contributed by atoms with E-state index < -0.39 is 5.97 Å². The Morgan fingerprint density at radius 3 is 2.43 bits per heavy atom. The Balaban J connectivity index is 3.19. The Bertz CT molecular complexity index is 148. The molecule has 0 aromatic heterocycles. The fraction of sp³-hybridized carbons (Fsp3) is 0.909. The maximum atomic E-state index is 10.2. The second-order valence-electron chi connectivity index (χ2n) is 3.90. The minimum Gasteiger partial charge on any atom is -0.481 e. The monoisotopic (exact) mass is 201 g/mol. The van der Waals surface area contributed by atoms with Gasteiger partial charge in [0.15, 0.2) is 0 Å². The van der Waals surface area contributed by atoms with Gasteiger partial charge in [-0.25, -0.2) is 0 Å². The van der Waals surface area contributed by atoms with Crippen LogP contribution in [-0.4, -0.2) is 17.1 Å². The van der Waals surface area contributed by atoms with Crippen molar-refractivity contribution in [3.63, 3.8) is 0 Å². The van der Waals surface area contributed by atoms with E-state index >= 15 is 0 Å². The smallest absolute Gasteiger partial charge is 0.303 e. The lowest BCUT2D eigenvalue weighted by atomic mass is 10.0. The van der Waals surface area contributed by atoms with Crippen LogP contribution < -0.4 is 5.73 Å². The van der Waals surface area contributed by atoms with Crippen LogP contribution in [0.1, 0.15) is 58.3 Å². The number of rotatable bonds is 9. The van der Waals surface area contributed by atoms with E-state index in [2.05, 4.69) is 6.92 Å². The molecule has 0 spiro atoms. The van der Waals surface area contributed by atoms with Crippen molar-refractivity contribution < 1.29 is 9.90 Å². The molecule has 0 radical (unpaired) electrons. The third kappa shape index (κ3) is 9.52. The van der Waals surface area contributed by atoms with Crippen LogP contribution in [0.3, 0.4) is 0 Å². The molecule has 0 bridgehead atoms. The van der Waals surface area contributed by atoms with Gasteiger partial charge in [0.1, 0.15) is 0 Å². The molecule has 0 fully saturated rings. The topological polar surface area (TPSA) is 63.3 Å². The van der Waals surface area contributed by atoms with E-state index in [0.29, 0.717) is 6.42 Å². The summed E-state index contributed by atoms with van der Waals surface area (Å²) in [6.45, 7) is 2.19. The average Bonchev–Trinajstić information content (AvgIpc) is 2.12. The van der Waals surface area contributed by atoms with Crippen LogP contribution in [0.5, 0.6) is 0 Å². The minimum atomic E-state index is -0.719. The molecule has 0 amide bonds. The zero-order valence-electron chi connectivity index (χ0n) is 9.17. The Morgan fingerprint density at radius 2 is 1.86 bits per heavy atom. The third-order valence-electron chi connectivity index (χ3n) is 2.39. The molecule has 3 nitrogen and oxygen atoms in total. The highest BCUT2D eigenvalue weighted by atomic mass is 16.4. The highest BCUT2D eigenvalue weighted by molar-refractivity contribution is 5.66. The molecule has 0 saturated heterocycles. The van der Waals surface area contributed by atoms with Crippen LogP contribution in [0, 0.1) is 0 Å². The van der Waals surface area contributed by atoms with Gasteiger partial charge in [0, 0.05) is 12.5 Å². The first-order valence-electron chi connectivity index (χ1n) is 5.64. The fourth-order valence-electron chi connectivity index (χ4n) is 1.49. The van der Waals surface area contributed by atoms with Crippen molar-refractivity contribution in [1.82, 2.24) is 0 Å². The van der Waals surface area contributed by atoms with E-state index in [1.54, 1.807) is 0 Å². The number of carboxylic acids is 1. The van der Waals surface area contributed by atoms with Crippen molar-refractivity contribution >= 4 is 5.97 Å². The number of aliphatic carboxylic acids is 1. The molecule has 14 heavy (non-hydrogen) atoms. The second kappa shape index (κ2) is 9.00. The van der Waals surface area contributed by atoms with E-state index in [1.165, 1.54) is 25.7 Å². The Kier molecular flexibility index (Phi) is 8.64. The first kappa shape index (κ1) is 13.4. The van der Waals surface area contributed by atoms with E-state index in [-0.39, 0.29) is 12.5 Å². The van der Waals surface area contributed by atoms with Gasteiger partial charge in [-0.05, 0) is 19.3 Å². The highest BCUT2D eigenvalue weighted by Gasteiger charge is 2.03. The van der Waals surface area contributed by atoms with Gasteiger partial charge in [-0.2, -0.15) is 0 Å². The predicted molar refractivity (Wildman–Crippen MR) is 58.2 cm³/mol. The van der Waals surface area contributed by atoms with Gasteiger partial charge in [-0.3, -0.25) is 4.79 Å². The normalized spacial score (nSPS) is 12.7. The van der Waals surface area contributed by atoms with Gasteiger partial charge < -0.3 is 10.8 Å². The molecule has 0 aromatic carbocycles. The molecule has 0 aliphatic carbocycles. The lowest BCUT2D eigenvalue weighted by Gasteiger charge is -2.09. The van der Waals surface area contributed by atoms with Crippen molar-refractivity contribution in [2.45, 2.75) is 64.3 Å². The van der Waals surface area contributed by atoms with Crippen molar-refractivity contribution in [3.05, 3.63) is 0 Å². The molecular formula is C11H23NO2. The molecular weight excluding hydrogens is 178 g/mol. The minimum absolute atomic E-state index is 0.200. The van der Waals surface area contributed by atoms with Crippen LogP contribution in [-0.2, 0) is 4.79 Å². The number of carbonyl (C=O) groups is 1. The maximum absolute atomic E-state index is 10.2. The van der Waals surface area contributed by atoms with E-state index in [4.69, 9.17) is 10.8 Å². The van der Waals surface area contributed by atoms with Gasteiger partial charge in [0.05, 0.1) is 0 Å². The molecule has 0 rings (SSSR count). The summed E-state index contributed by atoms with van der Waals surface area (Å²) in [6.07, 6.45) is 7.81. The number of nitrogens with two attached hydrogens (primary N) is 1. The lowest BCUT2D eigenvalue weighted by molar-refractivity contribution is -0.137. The van der Waals surface area contributed by atoms with Gasteiger partial charge in [0.2, 0.25) is 0 Å². The molecule has 1 unspecified atom stereocenters. The highest BCUT2D eigenvalue weighted by Crippen LogP contribution is 2.08. The number of carboxylic acid groups (broad SMARTS) is 1. The molecule has 0 heterocycles. The zero-order chi connectivity index (χ0) is 10.8. The van der Waals surface area contributed by atoms with Crippen LogP contribution in [0.15, 0.2) is 0 Å². The maximum Gasteiger partial charge on any atom is 0.303 e. The predicted octanol–water partition coefficient (Wildman–Crippen LogP) is 2.54. The van der Waals surface area contributed by atoms with Crippen molar-refractivity contribution in [2.24, 2.45) is 5.73 Å². The summed E-state index contributed by atoms with van der Waals surface area (Å²) in [5.74, 6) is -0.719. The van der Waals surface area contributed by atoms with Crippen molar-refractivity contribution in [1.29, 1.82) is 0 Å². The summed E-state index contributed by atoms with van der Waals surface area (Å²) in [5.41, 5.74) is 5.85. The molecule has 0 aliphatic heterocycles.